The minimum atomic E-state index is -0.768. The van der Waals surface area contributed by atoms with Crippen LogP contribution in [0.4, 0.5) is 5.82 Å². The van der Waals surface area contributed by atoms with Gasteiger partial charge in [0, 0.05) is 6.20 Å². The van der Waals surface area contributed by atoms with Crippen molar-refractivity contribution in [1.29, 1.82) is 0 Å². The van der Waals surface area contributed by atoms with Gasteiger partial charge in [-0.15, -0.1) is 0 Å². The van der Waals surface area contributed by atoms with E-state index in [1.54, 1.807) is 24.4 Å². The van der Waals surface area contributed by atoms with Crippen LogP contribution in [0.15, 0.2) is 24.4 Å². The fraction of sp³-hybridized carbons (Fsp3) is 0.636. The molecule has 1 aromatic rings. The number of hydrogen-bond donors (Lipinski definition) is 3. The number of hydrogen-bond acceptors (Lipinski definition) is 5. The molecule has 1 rings (SSSR count). The third-order valence-corrected chi connectivity index (χ3v) is 5.28. The third-order valence-electron chi connectivity index (χ3n) is 5.28. The van der Waals surface area contributed by atoms with Crippen LogP contribution in [0.5, 0.6) is 0 Å². The number of nitrogens with zero attached hydrogens (tertiary/aromatic N) is 2. The lowest BCUT2D eigenvalue weighted by Gasteiger charge is -2.35. The van der Waals surface area contributed by atoms with E-state index in [9.17, 15) is 19.6 Å². The second-order valence-corrected chi connectivity index (χ2v) is 8.53. The molecule has 1 aromatic heterocycles. The fourth-order valence-corrected chi connectivity index (χ4v) is 3.54. The quantitative estimate of drug-likeness (QED) is 0.273. The van der Waals surface area contributed by atoms with Gasteiger partial charge in [-0.25, -0.2) is 10.0 Å². The summed E-state index contributed by atoms with van der Waals surface area (Å²) in [6, 6.07) is 3.73. The third kappa shape index (κ3) is 7.40. The summed E-state index contributed by atoms with van der Waals surface area (Å²) in [6.07, 6.45) is 3.05. The van der Waals surface area contributed by atoms with E-state index in [0.29, 0.717) is 30.1 Å². The van der Waals surface area contributed by atoms with Gasteiger partial charge in [0.2, 0.25) is 18.2 Å². The SMILES string of the molecule is CCC(C)[C@H](NC(=O)C(CC(C)C)[C@H](C(C)C)N(O)C=O)C(=O)Nc1ccccn1. The lowest BCUT2D eigenvalue weighted by atomic mass is 9.83. The number of carbonyl (C=O) groups excluding carboxylic acids is 3. The Bertz CT molecular complexity index is 681. The number of hydroxylamine groups is 2. The molecule has 0 fully saturated rings. The van der Waals surface area contributed by atoms with Crippen LogP contribution in [-0.2, 0) is 14.4 Å². The standard InChI is InChI=1S/C22H36N4O4/c1-7-16(6)19(22(29)24-18-10-8-9-11-23-18)25-21(28)17(12-14(2)3)20(15(4)5)26(30)13-27/h8-11,13-17,19-20,30H,7,12H2,1-6H3,(H,25,28)(H,23,24,29)/t16?,17?,19-,20-/m0/s1. The maximum atomic E-state index is 13.3. The summed E-state index contributed by atoms with van der Waals surface area (Å²) in [6.45, 7) is 11.5. The zero-order valence-electron chi connectivity index (χ0n) is 18.8. The highest BCUT2D eigenvalue weighted by atomic mass is 16.5. The molecule has 30 heavy (non-hydrogen) atoms. The van der Waals surface area contributed by atoms with E-state index in [0.717, 1.165) is 0 Å². The van der Waals surface area contributed by atoms with Crippen molar-refractivity contribution >= 4 is 24.0 Å². The van der Waals surface area contributed by atoms with Gasteiger partial charge in [-0.3, -0.25) is 19.6 Å². The summed E-state index contributed by atoms with van der Waals surface area (Å²) in [7, 11) is 0. The summed E-state index contributed by atoms with van der Waals surface area (Å²) in [4.78, 5) is 41.5. The molecule has 2 unspecified atom stereocenters. The average Bonchev–Trinajstić information content (AvgIpc) is 2.70. The van der Waals surface area contributed by atoms with Gasteiger partial charge in [-0.2, -0.15) is 0 Å². The molecule has 0 aromatic carbocycles. The molecule has 8 heteroatoms. The normalized spacial score (nSPS) is 15.2. The first-order valence-electron chi connectivity index (χ1n) is 10.6. The first-order chi connectivity index (χ1) is 14.1. The van der Waals surface area contributed by atoms with E-state index in [1.165, 1.54) is 0 Å². The molecule has 0 saturated heterocycles. The number of pyridine rings is 1. The first kappa shape index (κ1) is 25.6. The molecule has 4 atom stereocenters. The maximum Gasteiger partial charge on any atom is 0.248 e. The Hall–Kier alpha value is -2.48. The van der Waals surface area contributed by atoms with Crippen molar-refractivity contribution in [2.45, 2.75) is 66.5 Å². The number of aromatic nitrogens is 1. The lowest BCUT2D eigenvalue weighted by molar-refractivity contribution is -0.174. The minimum Gasteiger partial charge on any atom is -0.344 e. The van der Waals surface area contributed by atoms with Crippen LogP contribution in [-0.4, -0.2) is 45.6 Å². The summed E-state index contributed by atoms with van der Waals surface area (Å²) in [5, 5.41) is 16.3. The number of anilines is 1. The molecule has 0 aliphatic carbocycles. The van der Waals surface area contributed by atoms with Crippen LogP contribution in [0.1, 0.15) is 54.4 Å². The van der Waals surface area contributed by atoms with E-state index in [1.807, 2.05) is 41.5 Å². The van der Waals surface area contributed by atoms with Crippen molar-refractivity contribution in [2.75, 3.05) is 5.32 Å². The van der Waals surface area contributed by atoms with Gasteiger partial charge in [-0.05, 0) is 36.3 Å². The number of amides is 3. The monoisotopic (exact) mass is 420 g/mol. The smallest absolute Gasteiger partial charge is 0.248 e. The summed E-state index contributed by atoms with van der Waals surface area (Å²) >= 11 is 0. The molecule has 0 bridgehead atoms. The Labute approximate surface area is 179 Å². The molecule has 168 valence electrons. The minimum absolute atomic E-state index is 0.119. The molecule has 0 radical (unpaired) electrons. The van der Waals surface area contributed by atoms with E-state index in [-0.39, 0.29) is 29.6 Å². The topological polar surface area (TPSA) is 112 Å². The van der Waals surface area contributed by atoms with Crippen molar-refractivity contribution in [1.82, 2.24) is 15.4 Å². The summed E-state index contributed by atoms with van der Waals surface area (Å²) in [5.74, 6) is -1.07. The molecule has 0 aliphatic heterocycles. The molecule has 8 nitrogen and oxygen atoms in total. The fourth-order valence-electron chi connectivity index (χ4n) is 3.54. The predicted molar refractivity (Wildman–Crippen MR) is 116 cm³/mol. The number of rotatable bonds is 12. The Morgan fingerprint density at radius 3 is 2.30 bits per heavy atom. The Morgan fingerprint density at radius 2 is 1.83 bits per heavy atom. The molecule has 3 amide bonds. The van der Waals surface area contributed by atoms with E-state index in [4.69, 9.17) is 0 Å². The molecular formula is C22H36N4O4. The Kier molecular flexibility index (Phi) is 10.5. The number of nitrogens with one attached hydrogen (secondary N) is 2. The Balaban J connectivity index is 3.12. The molecule has 3 N–H and O–H groups in total. The van der Waals surface area contributed by atoms with Crippen LogP contribution in [0.2, 0.25) is 0 Å². The zero-order chi connectivity index (χ0) is 22.8. The first-order valence-corrected chi connectivity index (χ1v) is 10.6. The van der Waals surface area contributed by atoms with Crippen LogP contribution >= 0.6 is 0 Å². The molecule has 0 saturated carbocycles. The number of carbonyl (C=O) groups is 3. The van der Waals surface area contributed by atoms with Crippen molar-refractivity contribution < 1.29 is 19.6 Å². The molecule has 0 spiro atoms. The van der Waals surface area contributed by atoms with Crippen molar-refractivity contribution in [2.24, 2.45) is 23.7 Å². The van der Waals surface area contributed by atoms with Crippen LogP contribution in [0.25, 0.3) is 0 Å². The highest BCUT2D eigenvalue weighted by molar-refractivity contribution is 5.97. The second kappa shape index (κ2) is 12.3. The van der Waals surface area contributed by atoms with Crippen LogP contribution < -0.4 is 10.6 Å². The Morgan fingerprint density at radius 1 is 1.17 bits per heavy atom. The highest BCUT2D eigenvalue weighted by Crippen LogP contribution is 2.25. The second-order valence-electron chi connectivity index (χ2n) is 8.53. The van der Waals surface area contributed by atoms with Crippen molar-refractivity contribution in [3.8, 4) is 0 Å². The molecule has 1 heterocycles. The lowest BCUT2D eigenvalue weighted by Crippen LogP contribution is -2.54. The van der Waals surface area contributed by atoms with Gasteiger partial charge in [0.15, 0.2) is 0 Å². The van der Waals surface area contributed by atoms with Crippen molar-refractivity contribution in [3.63, 3.8) is 0 Å². The maximum absolute atomic E-state index is 13.3. The van der Waals surface area contributed by atoms with E-state index in [2.05, 4.69) is 15.6 Å². The summed E-state index contributed by atoms with van der Waals surface area (Å²) < 4.78 is 0. The average molecular weight is 421 g/mol. The summed E-state index contributed by atoms with van der Waals surface area (Å²) in [5.41, 5.74) is 0. The van der Waals surface area contributed by atoms with Crippen LogP contribution in [0.3, 0.4) is 0 Å². The highest BCUT2D eigenvalue weighted by Gasteiger charge is 2.37. The van der Waals surface area contributed by atoms with E-state index < -0.39 is 18.0 Å². The van der Waals surface area contributed by atoms with Gasteiger partial charge in [0.25, 0.3) is 0 Å². The van der Waals surface area contributed by atoms with Gasteiger partial charge >= 0.3 is 0 Å². The van der Waals surface area contributed by atoms with Crippen LogP contribution in [0, 0.1) is 23.7 Å². The van der Waals surface area contributed by atoms with Crippen molar-refractivity contribution in [3.05, 3.63) is 24.4 Å². The largest absolute Gasteiger partial charge is 0.344 e. The molecule has 0 aliphatic rings. The predicted octanol–water partition coefficient (Wildman–Crippen LogP) is 3.09. The van der Waals surface area contributed by atoms with Gasteiger partial charge in [-0.1, -0.05) is 54.0 Å². The van der Waals surface area contributed by atoms with Gasteiger partial charge in [0.05, 0.1) is 12.0 Å². The van der Waals surface area contributed by atoms with E-state index >= 15 is 0 Å². The zero-order valence-corrected chi connectivity index (χ0v) is 18.8. The van der Waals surface area contributed by atoms with Gasteiger partial charge < -0.3 is 10.6 Å². The van der Waals surface area contributed by atoms with Gasteiger partial charge in [0.1, 0.15) is 11.9 Å². The molecular weight excluding hydrogens is 384 g/mol.